The van der Waals surface area contributed by atoms with Crippen molar-refractivity contribution in [2.45, 2.75) is 39.5 Å². The van der Waals surface area contributed by atoms with Crippen LogP contribution in [0.5, 0.6) is 11.5 Å². The van der Waals surface area contributed by atoms with E-state index >= 15 is 0 Å². The number of pyridine rings is 1. The van der Waals surface area contributed by atoms with Gasteiger partial charge in [-0.05, 0) is 24.6 Å². The molecule has 2 rings (SSSR count). The van der Waals surface area contributed by atoms with Crippen LogP contribution in [-0.4, -0.2) is 42.6 Å². The number of nitrogens with one attached hydrogen (secondary N) is 1. The maximum atomic E-state index is 13.3. The Morgan fingerprint density at radius 1 is 1.11 bits per heavy atom. The molecule has 1 aromatic heterocycles. The highest BCUT2D eigenvalue weighted by Crippen LogP contribution is 2.33. The minimum absolute atomic E-state index is 0.0649. The van der Waals surface area contributed by atoms with Gasteiger partial charge in [-0.15, -0.1) is 0 Å². The minimum atomic E-state index is -4.78. The lowest BCUT2D eigenvalue weighted by Crippen LogP contribution is -2.33. The molecule has 0 bridgehead atoms. The van der Waals surface area contributed by atoms with Crippen molar-refractivity contribution in [2.75, 3.05) is 13.7 Å². The summed E-state index contributed by atoms with van der Waals surface area (Å²) in [5, 5.41) is 2.25. The topological polar surface area (TPSA) is 104 Å². The zero-order valence-electron chi connectivity index (χ0n) is 19.4. The van der Waals surface area contributed by atoms with Crippen LogP contribution in [0.1, 0.15) is 42.4 Å². The number of ether oxygens (including phenoxy) is 3. The second-order valence-electron chi connectivity index (χ2n) is 7.75. The number of amides is 1. The Bertz CT molecular complexity index is 1090. The molecule has 0 fully saturated rings. The zero-order chi connectivity index (χ0) is 26.3. The molecular formula is C23H24F4N2O6. The second-order valence-corrected chi connectivity index (χ2v) is 7.75. The average molecular weight is 500 g/mol. The van der Waals surface area contributed by atoms with E-state index in [9.17, 15) is 31.9 Å². The standard InChI is InChI=1S/C23H24F4N2O6/c1-12(2)22(32)35-20-17(33-4)7-8-28-19(20)21(31)29-11-18(30)34-13(3)9-14-5-6-15(24)10-16(14)23(25,26)27/h5-8,10,12-13H,9,11H2,1-4H3,(H,29,31). The molecule has 1 atom stereocenters. The molecule has 0 spiro atoms. The van der Waals surface area contributed by atoms with Crippen molar-refractivity contribution in [1.29, 1.82) is 0 Å². The molecule has 1 aromatic carbocycles. The van der Waals surface area contributed by atoms with Gasteiger partial charge in [0, 0.05) is 18.7 Å². The molecule has 0 aliphatic rings. The normalized spacial score (nSPS) is 12.1. The van der Waals surface area contributed by atoms with E-state index < -0.39 is 54.0 Å². The largest absolute Gasteiger partial charge is 0.493 e. The number of carbonyl (C=O) groups excluding carboxylic acids is 3. The molecule has 35 heavy (non-hydrogen) atoms. The van der Waals surface area contributed by atoms with E-state index in [-0.39, 0.29) is 29.2 Å². The lowest BCUT2D eigenvalue weighted by Gasteiger charge is -2.18. The molecular weight excluding hydrogens is 476 g/mol. The number of methoxy groups -OCH3 is 1. The van der Waals surface area contributed by atoms with E-state index in [1.807, 2.05) is 0 Å². The van der Waals surface area contributed by atoms with Gasteiger partial charge in [0.2, 0.25) is 5.75 Å². The van der Waals surface area contributed by atoms with Gasteiger partial charge in [0.25, 0.3) is 5.91 Å². The van der Waals surface area contributed by atoms with Gasteiger partial charge in [0.15, 0.2) is 11.4 Å². The number of hydrogen-bond acceptors (Lipinski definition) is 7. The maximum absolute atomic E-state index is 13.3. The maximum Gasteiger partial charge on any atom is 0.416 e. The lowest BCUT2D eigenvalue weighted by atomic mass is 10.0. The first kappa shape index (κ1) is 27.5. The number of carbonyl (C=O) groups is 3. The van der Waals surface area contributed by atoms with Gasteiger partial charge in [-0.1, -0.05) is 19.9 Å². The van der Waals surface area contributed by atoms with Crippen LogP contribution in [0.3, 0.4) is 0 Å². The summed E-state index contributed by atoms with van der Waals surface area (Å²) in [7, 11) is 1.30. The summed E-state index contributed by atoms with van der Waals surface area (Å²) in [6.07, 6.45) is -4.89. The fourth-order valence-electron chi connectivity index (χ4n) is 2.91. The van der Waals surface area contributed by atoms with Crippen LogP contribution in [0.15, 0.2) is 30.5 Å². The fraction of sp³-hybridized carbons (Fsp3) is 0.391. The molecule has 8 nitrogen and oxygen atoms in total. The minimum Gasteiger partial charge on any atom is -0.493 e. The van der Waals surface area contributed by atoms with Crippen LogP contribution in [0.2, 0.25) is 0 Å². The fourth-order valence-corrected chi connectivity index (χ4v) is 2.91. The molecule has 1 amide bonds. The number of hydrogen-bond donors (Lipinski definition) is 1. The van der Waals surface area contributed by atoms with Crippen LogP contribution < -0.4 is 14.8 Å². The summed E-state index contributed by atoms with van der Waals surface area (Å²) in [5.74, 6) is -4.18. The zero-order valence-corrected chi connectivity index (χ0v) is 19.4. The van der Waals surface area contributed by atoms with Crippen molar-refractivity contribution in [3.63, 3.8) is 0 Å². The number of aromatic nitrogens is 1. The smallest absolute Gasteiger partial charge is 0.416 e. The first-order chi connectivity index (χ1) is 16.3. The summed E-state index contributed by atoms with van der Waals surface area (Å²) < 4.78 is 68.1. The van der Waals surface area contributed by atoms with Crippen molar-refractivity contribution < 1.29 is 46.2 Å². The predicted molar refractivity (Wildman–Crippen MR) is 114 cm³/mol. The Morgan fingerprint density at radius 2 is 1.80 bits per heavy atom. The molecule has 0 saturated heterocycles. The van der Waals surface area contributed by atoms with E-state index in [1.54, 1.807) is 13.8 Å². The summed E-state index contributed by atoms with van der Waals surface area (Å²) in [6, 6.07) is 3.60. The van der Waals surface area contributed by atoms with Gasteiger partial charge in [0.05, 0.1) is 18.6 Å². The third kappa shape index (κ3) is 7.66. The highest BCUT2D eigenvalue weighted by molar-refractivity contribution is 5.98. The van der Waals surface area contributed by atoms with Gasteiger partial charge in [-0.3, -0.25) is 14.4 Å². The van der Waals surface area contributed by atoms with Crippen molar-refractivity contribution in [1.82, 2.24) is 10.3 Å². The molecule has 0 radical (unpaired) electrons. The molecule has 2 aromatic rings. The van der Waals surface area contributed by atoms with E-state index in [4.69, 9.17) is 14.2 Å². The third-order valence-electron chi connectivity index (χ3n) is 4.59. The summed E-state index contributed by atoms with van der Waals surface area (Å²) in [5.41, 5.74) is -1.73. The lowest BCUT2D eigenvalue weighted by molar-refractivity contribution is -0.147. The Morgan fingerprint density at radius 3 is 2.40 bits per heavy atom. The van der Waals surface area contributed by atoms with Gasteiger partial charge in [0.1, 0.15) is 18.5 Å². The molecule has 0 aliphatic carbocycles. The molecule has 1 heterocycles. The number of nitrogens with zero attached hydrogens (tertiary/aromatic N) is 1. The van der Waals surface area contributed by atoms with Crippen LogP contribution in [-0.2, 0) is 26.9 Å². The quantitative estimate of drug-likeness (QED) is 0.414. The Kier molecular flexibility index (Phi) is 9.15. The van der Waals surface area contributed by atoms with Crippen LogP contribution in [0.4, 0.5) is 17.6 Å². The molecule has 0 saturated carbocycles. The van der Waals surface area contributed by atoms with Crippen molar-refractivity contribution in [3.8, 4) is 11.5 Å². The molecule has 12 heteroatoms. The summed E-state index contributed by atoms with van der Waals surface area (Å²) >= 11 is 0. The Labute approximate surface area is 198 Å². The third-order valence-corrected chi connectivity index (χ3v) is 4.59. The molecule has 190 valence electrons. The first-order valence-corrected chi connectivity index (χ1v) is 10.4. The molecule has 1 unspecified atom stereocenters. The Hall–Kier alpha value is -3.70. The van der Waals surface area contributed by atoms with E-state index in [0.717, 1.165) is 12.1 Å². The molecule has 0 aliphatic heterocycles. The average Bonchev–Trinajstić information content (AvgIpc) is 2.77. The van der Waals surface area contributed by atoms with Gasteiger partial charge in [-0.2, -0.15) is 13.2 Å². The van der Waals surface area contributed by atoms with Crippen molar-refractivity contribution >= 4 is 17.8 Å². The predicted octanol–water partition coefficient (Wildman–Crippen LogP) is 3.71. The van der Waals surface area contributed by atoms with Gasteiger partial charge >= 0.3 is 18.1 Å². The monoisotopic (exact) mass is 500 g/mol. The van der Waals surface area contributed by atoms with E-state index in [0.29, 0.717) is 6.07 Å². The summed E-state index contributed by atoms with van der Waals surface area (Å²) in [6.45, 7) is 3.89. The number of alkyl halides is 3. The van der Waals surface area contributed by atoms with Crippen LogP contribution in [0.25, 0.3) is 0 Å². The number of esters is 2. The highest BCUT2D eigenvalue weighted by atomic mass is 19.4. The van der Waals surface area contributed by atoms with E-state index in [1.165, 1.54) is 26.3 Å². The van der Waals surface area contributed by atoms with Crippen LogP contribution >= 0.6 is 0 Å². The number of rotatable bonds is 9. The van der Waals surface area contributed by atoms with Crippen molar-refractivity contribution in [2.24, 2.45) is 5.92 Å². The number of halogens is 4. The SMILES string of the molecule is COc1ccnc(C(=O)NCC(=O)OC(C)Cc2ccc(F)cc2C(F)(F)F)c1OC(=O)C(C)C. The van der Waals surface area contributed by atoms with Gasteiger partial charge in [-0.25, -0.2) is 9.37 Å². The number of benzene rings is 1. The van der Waals surface area contributed by atoms with Gasteiger partial charge < -0.3 is 19.5 Å². The molecule has 1 N–H and O–H groups in total. The highest BCUT2D eigenvalue weighted by Gasteiger charge is 2.34. The van der Waals surface area contributed by atoms with Crippen LogP contribution in [0, 0.1) is 11.7 Å². The Balaban J connectivity index is 2.04. The second kappa shape index (κ2) is 11.6. The summed E-state index contributed by atoms with van der Waals surface area (Å²) in [4.78, 5) is 40.6. The first-order valence-electron chi connectivity index (χ1n) is 10.4. The van der Waals surface area contributed by atoms with E-state index in [2.05, 4.69) is 10.3 Å². The van der Waals surface area contributed by atoms with Crippen molar-refractivity contribution in [3.05, 3.63) is 53.1 Å².